The first kappa shape index (κ1) is 14.5. The molecule has 1 rings (SSSR count). The fraction of sp³-hybridized carbons (Fsp3) is 0.889. The lowest BCUT2D eigenvalue weighted by Crippen LogP contribution is -2.54. The van der Waals surface area contributed by atoms with Gasteiger partial charge in [0, 0.05) is 11.3 Å². The Morgan fingerprint density at radius 3 is 2.12 bits per heavy atom. The van der Waals surface area contributed by atoms with Gasteiger partial charge in [-0.2, -0.15) is 33.7 Å². The number of amides is 1. The highest BCUT2D eigenvalue weighted by atomic mass is 32.2. The molecule has 0 unspecified atom stereocenters. The molecular weight excluding hydrogens is 265 g/mol. The van der Waals surface area contributed by atoms with Crippen molar-refractivity contribution < 1.29 is 26.7 Å². The maximum Gasteiger partial charge on any atom is 0.463 e. The smallest absolute Gasteiger partial charge is 0.349 e. The molecule has 1 fully saturated rings. The van der Waals surface area contributed by atoms with Crippen LogP contribution in [0.2, 0.25) is 0 Å². The summed E-state index contributed by atoms with van der Waals surface area (Å²) in [5.41, 5.74) is 0. The van der Waals surface area contributed by atoms with E-state index in [0.717, 1.165) is 6.42 Å². The molecule has 1 N–H and O–H groups in total. The highest BCUT2D eigenvalue weighted by molar-refractivity contribution is 8.00. The maximum absolute atomic E-state index is 12.6. The third-order valence-electron chi connectivity index (χ3n) is 2.91. The van der Waals surface area contributed by atoms with Gasteiger partial charge in [-0.15, -0.1) is 0 Å². The predicted octanol–water partition coefficient (Wildman–Crippen LogP) is 2.59. The van der Waals surface area contributed by atoms with E-state index in [2.05, 4.69) is 0 Å². The van der Waals surface area contributed by atoms with E-state index in [0.29, 0.717) is 12.8 Å². The van der Waals surface area contributed by atoms with Crippen molar-refractivity contribution in [1.29, 1.82) is 0 Å². The second-order valence-electron chi connectivity index (χ2n) is 4.00. The van der Waals surface area contributed by atoms with E-state index in [1.54, 1.807) is 11.6 Å². The Labute approximate surface area is 99.3 Å². The van der Waals surface area contributed by atoms with Gasteiger partial charge in [0.2, 0.25) is 0 Å². The van der Waals surface area contributed by atoms with Crippen LogP contribution in [0, 0.1) is 0 Å². The zero-order valence-electron chi connectivity index (χ0n) is 9.03. The Bertz CT molecular complexity index is 295. The van der Waals surface area contributed by atoms with Gasteiger partial charge in [0.15, 0.2) is 0 Å². The number of rotatable bonds is 4. The van der Waals surface area contributed by atoms with Crippen molar-refractivity contribution in [1.82, 2.24) is 5.32 Å². The average Bonchev–Trinajstić information content (AvgIpc) is 2.14. The second-order valence-corrected chi connectivity index (χ2v) is 5.27. The van der Waals surface area contributed by atoms with Gasteiger partial charge in [0.1, 0.15) is 0 Å². The van der Waals surface area contributed by atoms with E-state index >= 15 is 0 Å². The summed E-state index contributed by atoms with van der Waals surface area (Å²) >= 11 is 1.38. The molecule has 100 valence electrons. The van der Waals surface area contributed by atoms with Crippen molar-refractivity contribution >= 4 is 17.7 Å². The van der Waals surface area contributed by atoms with Crippen LogP contribution >= 0.6 is 11.8 Å². The van der Waals surface area contributed by atoms with E-state index in [1.165, 1.54) is 11.8 Å². The fourth-order valence-corrected chi connectivity index (χ4v) is 2.42. The van der Waals surface area contributed by atoms with Crippen LogP contribution in [0.25, 0.3) is 0 Å². The first-order valence-electron chi connectivity index (χ1n) is 4.93. The summed E-state index contributed by atoms with van der Waals surface area (Å²) in [7, 11) is 0. The Kier molecular flexibility index (Phi) is 3.95. The third kappa shape index (κ3) is 2.83. The summed E-state index contributed by atoms with van der Waals surface area (Å²) in [6.07, 6.45) is -1.78. The Hall–Kier alpha value is -0.530. The molecule has 0 bridgehead atoms. The molecule has 1 aliphatic rings. The highest BCUT2D eigenvalue weighted by Crippen LogP contribution is 2.42. The summed E-state index contributed by atoms with van der Waals surface area (Å²) in [4.78, 5) is 10.8. The number of hydrogen-bond acceptors (Lipinski definition) is 2. The molecule has 0 aromatic carbocycles. The highest BCUT2D eigenvalue weighted by Gasteiger charge is 2.63. The molecule has 0 aromatic heterocycles. The molecule has 0 atom stereocenters. The molecule has 0 spiro atoms. The Morgan fingerprint density at radius 2 is 1.82 bits per heavy atom. The number of carbonyl (C=O) groups is 1. The van der Waals surface area contributed by atoms with Crippen LogP contribution in [0.3, 0.4) is 0 Å². The van der Waals surface area contributed by atoms with Crippen molar-refractivity contribution in [2.45, 2.75) is 36.1 Å². The van der Waals surface area contributed by atoms with Gasteiger partial charge in [-0.3, -0.25) is 4.79 Å². The van der Waals surface area contributed by atoms with E-state index in [4.69, 9.17) is 0 Å². The SMILES string of the molecule is CSC1(CNC(=O)C(F)(F)C(F)(F)F)CCC1. The monoisotopic (exact) mass is 277 g/mol. The summed E-state index contributed by atoms with van der Waals surface area (Å²) in [6, 6.07) is 0. The maximum atomic E-state index is 12.6. The molecule has 1 amide bonds. The van der Waals surface area contributed by atoms with E-state index in [9.17, 15) is 26.7 Å². The molecule has 1 saturated carbocycles. The van der Waals surface area contributed by atoms with Gasteiger partial charge < -0.3 is 5.32 Å². The van der Waals surface area contributed by atoms with Crippen LogP contribution in [-0.2, 0) is 4.79 Å². The first-order valence-corrected chi connectivity index (χ1v) is 6.15. The topological polar surface area (TPSA) is 29.1 Å². The van der Waals surface area contributed by atoms with Crippen molar-refractivity contribution in [3.05, 3.63) is 0 Å². The number of nitrogens with one attached hydrogen (secondary N) is 1. The fourth-order valence-electron chi connectivity index (χ4n) is 1.51. The summed E-state index contributed by atoms with van der Waals surface area (Å²) < 4.78 is 60.4. The largest absolute Gasteiger partial charge is 0.463 e. The lowest BCUT2D eigenvalue weighted by atomic mass is 9.84. The van der Waals surface area contributed by atoms with Gasteiger partial charge in [-0.05, 0) is 19.1 Å². The van der Waals surface area contributed by atoms with Crippen LogP contribution in [-0.4, -0.2) is 35.6 Å². The molecule has 2 nitrogen and oxygen atoms in total. The minimum absolute atomic E-state index is 0.154. The first-order chi connectivity index (χ1) is 7.65. The molecule has 1 aliphatic carbocycles. The minimum atomic E-state index is -5.84. The van der Waals surface area contributed by atoms with E-state index < -0.39 is 18.0 Å². The molecule has 0 aromatic rings. The second kappa shape index (κ2) is 4.62. The molecule has 0 radical (unpaired) electrons. The van der Waals surface area contributed by atoms with Gasteiger partial charge in [-0.25, -0.2) is 0 Å². The van der Waals surface area contributed by atoms with Gasteiger partial charge in [0.05, 0.1) is 0 Å². The molecule has 0 aliphatic heterocycles. The zero-order valence-corrected chi connectivity index (χ0v) is 9.85. The zero-order chi connectivity index (χ0) is 13.3. The molecule has 8 heteroatoms. The van der Waals surface area contributed by atoms with Crippen LogP contribution < -0.4 is 5.32 Å². The van der Waals surface area contributed by atoms with Crippen molar-refractivity contribution in [2.24, 2.45) is 0 Å². The normalized spacial score (nSPS) is 19.6. The quantitative estimate of drug-likeness (QED) is 0.800. The standard InChI is InChI=1S/C9H12F5NOS/c1-17-7(3-2-4-7)5-15-6(16)8(10,11)9(12,13)14/h2-5H2,1H3,(H,15,16). The Morgan fingerprint density at radius 1 is 1.29 bits per heavy atom. The Balaban J connectivity index is 2.55. The van der Waals surface area contributed by atoms with E-state index in [1.807, 2.05) is 0 Å². The van der Waals surface area contributed by atoms with Crippen LogP contribution in [0.4, 0.5) is 22.0 Å². The van der Waals surface area contributed by atoms with Gasteiger partial charge >= 0.3 is 12.1 Å². The summed E-state index contributed by atoms with van der Waals surface area (Å²) in [5, 5.41) is 1.69. The molecular formula is C9H12F5NOS. The molecule has 0 heterocycles. The van der Waals surface area contributed by atoms with Gasteiger partial charge in [-0.1, -0.05) is 6.42 Å². The number of alkyl halides is 5. The number of thioether (sulfide) groups is 1. The third-order valence-corrected chi connectivity index (χ3v) is 4.33. The van der Waals surface area contributed by atoms with Crippen LogP contribution in [0.5, 0.6) is 0 Å². The van der Waals surface area contributed by atoms with Crippen LogP contribution in [0.1, 0.15) is 19.3 Å². The summed E-state index contributed by atoms with van der Waals surface area (Å²) in [5.74, 6) is -7.60. The lowest BCUT2D eigenvalue weighted by Gasteiger charge is -2.40. The van der Waals surface area contributed by atoms with Crippen LogP contribution in [0.15, 0.2) is 0 Å². The predicted molar refractivity (Wildman–Crippen MR) is 54.1 cm³/mol. The number of hydrogen-bond donors (Lipinski definition) is 1. The van der Waals surface area contributed by atoms with E-state index in [-0.39, 0.29) is 11.3 Å². The molecule has 0 saturated heterocycles. The average molecular weight is 277 g/mol. The van der Waals surface area contributed by atoms with Crippen molar-refractivity contribution in [3.8, 4) is 0 Å². The lowest BCUT2D eigenvalue weighted by molar-refractivity contribution is -0.269. The summed E-state index contributed by atoms with van der Waals surface area (Å²) in [6.45, 7) is -0.154. The number of carbonyl (C=O) groups excluding carboxylic acids is 1. The van der Waals surface area contributed by atoms with Gasteiger partial charge in [0.25, 0.3) is 5.91 Å². The minimum Gasteiger partial charge on any atom is -0.349 e. The van der Waals surface area contributed by atoms with Crippen molar-refractivity contribution in [3.63, 3.8) is 0 Å². The molecule has 17 heavy (non-hydrogen) atoms. The number of halogens is 5. The van der Waals surface area contributed by atoms with Crippen molar-refractivity contribution in [2.75, 3.05) is 12.8 Å².